The fourth-order valence-electron chi connectivity index (χ4n) is 2.81. The van der Waals surface area contributed by atoms with Crippen molar-refractivity contribution in [1.82, 2.24) is 14.8 Å². The summed E-state index contributed by atoms with van der Waals surface area (Å²) in [5, 5.41) is 7.42. The van der Waals surface area contributed by atoms with Crippen LogP contribution >= 0.6 is 0 Å². The second kappa shape index (κ2) is 3.81. The summed E-state index contributed by atoms with van der Waals surface area (Å²) < 4.78 is 7.20. The minimum absolute atomic E-state index is 0.163. The third-order valence-electron chi connectivity index (χ3n) is 3.62. The summed E-state index contributed by atoms with van der Waals surface area (Å²) in [7, 11) is 0. The number of nitrogens with zero attached hydrogens (tertiary/aromatic N) is 3. The molecule has 1 atom stereocenters. The predicted octanol–water partition coefficient (Wildman–Crippen LogP) is 1.89. The Bertz CT molecular complexity index is 669. The summed E-state index contributed by atoms with van der Waals surface area (Å²) in [6, 6.07) is 3.40. The maximum atomic E-state index is 12.3. The van der Waals surface area contributed by atoms with Crippen molar-refractivity contribution in [2.24, 2.45) is 0 Å². The van der Waals surface area contributed by atoms with E-state index in [1.54, 1.807) is 10.9 Å². The molecule has 0 saturated carbocycles. The maximum Gasteiger partial charge on any atom is 0.226 e. The van der Waals surface area contributed by atoms with Crippen molar-refractivity contribution in [3.05, 3.63) is 41.8 Å². The molecule has 0 saturated heterocycles. The van der Waals surface area contributed by atoms with Gasteiger partial charge in [0.2, 0.25) is 5.95 Å². The molecule has 19 heavy (non-hydrogen) atoms. The third kappa shape index (κ3) is 1.46. The Labute approximate surface area is 109 Å². The van der Waals surface area contributed by atoms with Gasteiger partial charge in [0.05, 0.1) is 6.26 Å². The quantitative estimate of drug-likeness (QED) is 0.843. The molecule has 6 nitrogen and oxygen atoms in total. The van der Waals surface area contributed by atoms with Crippen LogP contribution in [0.1, 0.15) is 31.1 Å². The Morgan fingerprint density at radius 3 is 3.21 bits per heavy atom. The van der Waals surface area contributed by atoms with Gasteiger partial charge in [-0.15, -0.1) is 0 Å². The van der Waals surface area contributed by atoms with E-state index in [-0.39, 0.29) is 11.8 Å². The van der Waals surface area contributed by atoms with Gasteiger partial charge < -0.3 is 9.73 Å². The van der Waals surface area contributed by atoms with E-state index in [0.29, 0.717) is 12.4 Å². The number of rotatable bonds is 1. The second-order valence-electron chi connectivity index (χ2n) is 4.74. The first-order valence-electron chi connectivity index (χ1n) is 6.31. The molecule has 3 heterocycles. The molecule has 4 rings (SSSR count). The van der Waals surface area contributed by atoms with Crippen molar-refractivity contribution in [1.29, 1.82) is 0 Å². The second-order valence-corrected chi connectivity index (χ2v) is 4.74. The van der Waals surface area contributed by atoms with Gasteiger partial charge in [0.1, 0.15) is 18.1 Å². The lowest BCUT2D eigenvalue weighted by molar-refractivity contribution is -0.116. The molecule has 0 radical (unpaired) electrons. The van der Waals surface area contributed by atoms with Gasteiger partial charge in [-0.3, -0.25) is 4.79 Å². The van der Waals surface area contributed by atoms with Gasteiger partial charge in [0, 0.05) is 17.7 Å². The Balaban J connectivity index is 1.93. The van der Waals surface area contributed by atoms with Crippen LogP contribution in [0.3, 0.4) is 0 Å². The van der Waals surface area contributed by atoms with Crippen molar-refractivity contribution < 1.29 is 9.21 Å². The molecule has 2 aromatic rings. The smallest absolute Gasteiger partial charge is 0.226 e. The lowest BCUT2D eigenvalue weighted by Crippen LogP contribution is -2.31. The first-order valence-corrected chi connectivity index (χ1v) is 6.31. The third-order valence-corrected chi connectivity index (χ3v) is 3.62. The molecule has 2 aliphatic rings. The van der Waals surface area contributed by atoms with E-state index in [4.69, 9.17) is 4.42 Å². The molecule has 0 aromatic carbocycles. The maximum absolute atomic E-state index is 12.3. The van der Waals surface area contributed by atoms with Crippen LogP contribution in [0.5, 0.6) is 0 Å². The first kappa shape index (κ1) is 10.5. The summed E-state index contributed by atoms with van der Waals surface area (Å²) in [5.74, 6) is 1.54. The van der Waals surface area contributed by atoms with Gasteiger partial charge in [-0.05, 0) is 25.0 Å². The number of ketones is 1. The van der Waals surface area contributed by atoms with E-state index >= 15 is 0 Å². The largest absolute Gasteiger partial charge is 0.467 e. The van der Waals surface area contributed by atoms with Crippen LogP contribution < -0.4 is 5.32 Å². The van der Waals surface area contributed by atoms with Crippen LogP contribution in [0.2, 0.25) is 0 Å². The minimum atomic E-state index is -0.295. The molecule has 0 spiro atoms. The Kier molecular flexibility index (Phi) is 2.11. The molecule has 0 bridgehead atoms. The molecule has 0 amide bonds. The van der Waals surface area contributed by atoms with E-state index in [1.807, 2.05) is 12.1 Å². The number of fused-ring (bicyclic) bond motifs is 1. The number of aromatic nitrogens is 3. The molecule has 6 heteroatoms. The number of furan rings is 1. The van der Waals surface area contributed by atoms with E-state index in [0.717, 1.165) is 29.9 Å². The average Bonchev–Trinajstić information content (AvgIpc) is 3.07. The number of carbonyl (C=O) groups excluding carboxylic acids is 1. The summed E-state index contributed by atoms with van der Waals surface area (Å²) in [6.45, 7) is 0. The van der Waals surface area contributed by atoms with Crippen molar-refractivity contribution in [2.45, 2.75) is 25.3 Å². The van der Waals surface area contributed by atoms with Crippen molar-refractivity contribution in [3.8, 4) is 0 Å². The van der Waals surface area contributed by atoms with Crippen LogP contribution in [0.4, 0.5) is 5.95 Å². The van der Waals surface area contributed by atoms with Gasteiger partial charge in [-0.1, -0.05) is 0 Å². The number of carbonyl (C=O) groups is 1. The minimum Gasteiger partial charge on any atom is -0.467 e. The number of anilines is 1. The van der Waals surface area contributed by atoms with Crippen molar-refractivity contribution >= 4 is 11.7 Å². The lowest BCUT2D eigenvalue weighted by Gasteiger charge is -2.30. The average molecular weight is 256 g/mol. The summed E-state index contributed by atoms with van der Waals surface area (Å²) in [4.78, 5) is 16.5. The molecule has 1 unspecified atom stereocenters. The van der Waals surface area contributed by atoms with Gasteiger partial charge in [-0.2, -0.15) is 10.1 Å². The number of allylic oxidation sites excluding steroid dienone is 2. The van der Waals surface area contributed by atoms with Crippen LogP contribution in [-0.4, -0.2) is 20.5 Å². The zero-order valence-electron chi connectivity index (χ0n) is 10.2. The summed E-state index contributed by atoms with van der Waals surface area (Å²) in [5.41, 5.74) is 1.72. The topological polar surface area (TPSA) is 73.0 Å². The summed E-state index contributed by atoms with van der Waals surface area (Å²) >= 11 is 0. The summed E-state index contributed by atoms with van der Waals surface area (Å²) in [6.07, 6.45) is 5.43. The van der Waals surface area contributed by atoms with E-state index in [2.05, 4.69) is 15.4 Å². The normalized spacial score (nSPS) is 21.9. The molecule has 1 aliphatic carbocycles. The standard InChI is InChI=1S/C13H12N4O2/c18-9-4-1-3-8-11(9)12(10-5-2-6-19-10)17-13(16-8)14-7-15-17/h2,5-7,12H,1,3-4H2,(H,14,15,16). The highest BCUT2D eigenvalue weighted by atomic mass is 16.3. The molecule has 1 N–H and O–H groups in total. The Morgan fingerprint density at radius 1 is 1.42 bits per heavy atom. The van der Waals surface area contributed by atoms with Crippen LogP contribution in [0.25, 0.3) is 0 Å². The predicted molar refractivity (Wildman–Crippen MR) is 66.4 cm³/mol. The van der Waals surface area contributed by atoms with Gasteiger partial charge in [0.25, 0.3) is 0 Å². The highest BCUT2D eigenvalue weighted by Gasteiger charge is 2.37. The molecule has 0 fully saturated rings. The van der Waals surface area contributed by atoms with Crippen LogP contribution in [0, 0.1) is 0 Å². The van der Waals surface area contributed by atoms with E-state index in [9.17, 15) is 4.79 Å². The number of Topliss-reactive ketones (excluding diaryl/α,β-unsaturated/α-hetero) is 1. The zero-order valence-corrected chi connectivity index (χ0v) is 10.2. The number of hydrogen-bond donors (Lipinski definition) is 1. The molecule has 96 valence electrons. The Morgan fingerprint density at radius 2 is 2.37 bits per heavy atom. The number of nitrogens with one attached hydrogen (secondary N) is 1. The number of hydrogen-bond acceptors (Lipinski definition) is 5. The van der Waals surface area contributed by atoms with Crippen LogP contribution in [0.15, 0.2) is 40.4 Å². The van der Waals surface area contributed by atoms with Crippen LogP contribution in [-0.2, 0) is 4.79 Å². The van der Waals surface area contributed by atoms with Gasteiger partial charge in [-0.25, -0.2) is 4.68 Å². The fraction of sp³-hybridized carbons (Fsp3) is 0.308. The fourth-order valence-corrected chi connectivity index (χ4v) is 2.81. The zero-order chi connectivity index (χ0) is 12.8. The Hall–Kier alpha value is -2.37. The van der Waals surface area contributed by atoms with E-state index < -0.39 is 0 Å². The molecule has 1 aliphatic heterocycles. The van der Waals surface area contributed by atoms with Crippen molar-refractivity contribution in [2.75, 3.05) is 5.32 Å². The van der Waals surface area contributed by atoms with Gasteiger partial charge in [0.15, 0.2) is 5.78 Å². The monoisotopic (exact) mass is 256 g/mol. The molecule has 2 aromatic heterocycles. The molecular weight excluding hydrogens is 244 g/mol. The lowest BCUT2D eigenvalue weighted by atomic mass is 9.88. The highest BCUT2D eigenvalue weighted by molar-refractivity contribution is 5.99. The molecular formula is C13H12N4O2. The highest BCUT2D eigenvalue weighted by Crippen LogP contribution is 2.39. The van der Waals surface area contributed by atoms with Crippen molar-refractivity contribution in [3.63, 3.8) is 0 Å². The SMILES string of the molecule is O=C1CCCC2=C1C(c1ccco1)n1ncnc1N2. The van der Waals surface area contributed by atoms with E-state index in [1.165, 1.54) is 6.33 Å². The van der Waals surface area contributed by atoms with Gasteiger partial charge >= 0.3 is 0 Å². The first-order chi connectivity index (χ1) is 9.34.